The third kappa shape index (κ3) is 3.05. The summed E-state index contributed by atoms with van der Waals surface area (Å²) in [6.07, 6.45) is 0. The number of rotatable bonds is 4. The number of hydrogen-bond donors (Lipinski definition) is 3. The minimum Gasteiger partial charge on any atom is -0.344 e. The molecule has 0 radical (unpaired) electrons. The van der Waals surface area contributed by atoms with Crippen LogP contribution in [0.4, 0.5) is 8.78 Å². The lowest BCUT2D eigenvalue weighted by molar-refractivity contribution is -0.0111. The van der Waals surface area contributed by atoms with E-state index in [0.717, 1.165) is 0 Å². The standard InChI is InChI=1S/C11H11F2N5O2/c1-6-15-10(18-17-6)11(12,13)5-14-9(20)7-3-2-4-8(19)16-7/h2-4H,5H2,1H3,(H,14,20)(H,16,19)(H,15,17,18). The van der Waals surface area contributed by atoms with Crippen LogP contribution in [-0.2, 0) is 5.92 Å². The maximum Gasteiger partial charge on any atom is 0.325 e. The molecule has 0 unspecified atom stereocenters. The Kier molecular flexibility index (Phi) is 3.59. The molecule has 2 aromatic rings. The van der Waals surface area contributed by atoms with Gasteiger partial charge in [0.1, 0.15) is 11.5 Å². The molecule has 2 heterocycles. The predicted octanol–water partition coefficient (Wildman–Crippen LogP) is 0.323. The molecular formula is C11H11F2N5O2. The second-order valence-corrected chi connectivity index (χ2v) is 4.06. The lowest BCUT2D eigenvalue weighted by Crippen LogP contribution is -2.36. The summed E-state index contributed by atoms with van der Waals surface area (Å²) < 4.78 is 27.4. The number of pyridine rings is 1. The largest absolute Gasteiger partial charge is 0.344 e. The van der Waals surface area contributed by atoms with Crippen molar-refractivity contribution in [3.8, 4) is 0 Å². The van der Waals surface area contributed by atoms with Crippen LogP contribution in [0.3, 0.4) is 0 Å². The van der Waals surface area contributed by atoms with E-state index in [0.29, 0.717) is 0 Å². The van der Waals surface area contributed by atoms with Crippen LogP contribution in [0.25, 0.3) is 0 Å². The number of aromatic amines is 2. The lowest BCUT2D eigenvalue weighted by atomic mass is 10.3. The van der Waals surface area contributed by atoms with Crippen LogP contribution in [0.5, 0.6) is 0 Å². The summed E-state index contributed by atoms with van der Waals surface area (Å²) in [6, 6.07) is 3.87. The van der Waals surface area contributed by atoms with E-state index in [-0.39, 0.29) is 11.5 Å². The van der Waals surface area contributed by atoms with E-state index < -0.39 is 29.8 Å². The molecule has 0 saturated carbocycles. The molecule has 0 saturated heterocycles. The summed E-state index contributed by atoms with van der Waals surface area (Å²) in [7, 11) is 0. The van der Waals surface area contributed by atoms with E-state index >= 15 is 0 Å². The fraction of sp³-hybridized carbons (Fsp3) is 0.273. The van der Waals surface area contributed by atoms with E-state index in [4.69, 9.17) is 0 Å². The molecule has 0 bridgehead atoms. The fourth-order valence-electron chi connectivity index (χ4n) is 1.45. The lowest BCUT2D eigenvalue weighted by Gasteiger charge is -2.13. The summed E-state index contributed by atoms with van der Waals surface area (Å²) in [5.41, 5.74) is -0.589. The van der Waals surface area contributed by atoms with Crippen LogP contribution in [0.1, 0.15) is 22.1 Å². The number of halogens is 2. The SMILES string of the molecule is Cc1nc(C(F)(F)CNC(=O)c2cccc(=O)[nH]2)n[nH]1. The summed E-state index contributed by atoms with van der Waals surface area (Å²) in [5, 5.41) is 7.68. The maximum absolute atomic E-state index is 13.7. The van der Waals surface area contributed by atoms with Gasteiger partial charge in [-0.3, -0.25) is 14.7 Å². The van der Waals surface area contributed by atoms with Gasteiger partial charge < -0.3 is 10.3 Å². The minimum absolute atomic E-state index is 0.0977. The van der Waals surface area contributed by atoms with E-state index in [1.807, 2.05) is 5.32 Å². The van der Waals surface area contributed by atoms with Gasteiger partial charge in [-0.05, 0) is 13.0 Å². The normalized spacial score (nSPS) is 11.3. The van der Waals surface area contributed by atoms with E-state index in [2.05, 4.69) is 20.2 Å². The van der Waals surface area contributed by atoms with Crippen molar-refractivity contribution < 1.29 is 13.6 Å². The van der Waals surface area contributed by atoms with Gasteiger partial charge in [-0.15, -0.1) is 0 Å². The topological polar surface area (TPSA) is 104 Å². The predicted molar refractivity (Wildman–Crippen MR) is 64.4 cm³/mol. The minimum atomic E-state index is -3.41. The molecule has 20 heavy (non-hydrogen) atoms. The van der Waals surface area contributed by atoms with Crippen LogP contribution in [0, 0.1) is 6.92 Å². The van der Waals surface area contributed by atoms with Crippen LogP contribution < -0.4 is 10.9 Å². The monoisotopic (exact) mass is 283 g/mol. The average Bonchev–Trinajstić information content (AvgIpc) is 2.83. The molecule has 106 valence electrons. The number of alkyl halides is 2. The van der Waals surface area contributed by atoms with E-state index in [1.54, 1.807) is 0 Å². The number of hydrogen-bond acceptors (Lipinski definition) is 4. The van der Waals surface area contributed by atoms with Crippen molar-refractivity contribution in [2.45, 2.75) is 12.8 Å². The summed E-state index contributed by atoms with van der Waals surface area (Å²) in [6.45, 7) is 0.514. The molecule has 9 heteroatoms. The zero-order valence-corrected chi connectivity index (χ0v) is 10.4. The number of nitrogens with one attached hydrogen (secondary N) is 3. The van der Waals surface area contributed by atoms with Gasteiger partial charge in [-0.1, -0.05) is 6.07 Å². The van der Waals surface area contributed by atoms with E-state index in [9.17, 15) is 18.4 Å². The summed E-state index contributed by atoms with van der Waals surface area (Å²) in [4.78, 5) is 28.4. The third-order valence-electron chi connectivity index (χ3n) is 2.41. The third-order valence-corrected chi connectivity index (χ3v) is 2.41. The van der Waals surface area contributed by atoms with Crippen molar-refractivity contribution in [2.24, 2.45) is 0 Å². The van der Waals surface area contributed by atoms with Crippen molar-refractivity contribution in [1.29, 1.82) is 0 Å². The molecule has 2 aromatic heterocycles. The van der Waals surface area contributed by atoms with Crippen molar-refractivity contribution >= 4 is 5.91 Å². The Morgan fingerprint density at radius 3 is 2.80 bits per heavy atom. The van der Waals surface area contributed by atoms with Gasteiger partial charge in [-0.25, -0.2) is 4.98 Å². The highest BCUT2D eigenvalue weighted by Crippen LogP contribution is 2.23. The van der Waals surface area contributed by atoms with Gasteiger partial charge in [0.05, 0.1) is 6.54 Å². The van der Waals surface area contributed by atoms with E-state index in [1.165, 1.54) is 25.1 Å². The van der Waals surface area contributed by atoms with Crippen LogP contribution >= 0.6 is 0 Å². The molecule has 3 N–H and O–H groups in total. The Hall–Kier alpha value is -2.58. The zero-order chi connectivity index (χ0) is 14.8. The molecule has 7 nitrogen and oxygen atoms in total. The Balaban J connectivity index is 2.04. The quantitative estimate of drug-likeness (QED) is 0.751. The number of carbonyl (C=O) groups excluding carboxylic acids is 1. The molecule has 0 spiro atoms. The van der Waals surface area contributed by atoms with Gasteiger partial charge in [0.25, 0.3) is 5.91 Å². The van der Waals surface area contributed by atoms with Crippen molar-refractivity contribution in [1.82, 2.24) is 25.5 Å². The highest BCUT2D eigenvalue weighted by atomic mass is 19.3. The summed E-state index contributed by atoms with van der Waals surface area (Å²) in [5.74, 6) is -4.67. The molecule has 0 aromatic carbocycles. The number of nitrogens with zero attached hydrogens (tertiary/aromatic N) is 2. The Morgan fingerprint density at radius 1 is 1.45 bits per heavy atom. The number of aryl methyl sites for hydroxylation is 1. The highest BCUT2D eigenvalue weighted by Gasteiger charge is 2.36. The van der Waals surface area contributed by atoms with Gasteiger partial charge in [0, 0.05) is 6.07 Å². The first-order valence-corrected chi connectivity index (χ1v) is 5.63. The van der Waals surface area contributed by atoms with Crippen LogP contribution in [0.15, 0.2) is 23.0 Å². The second-order valence-electron chi connectivity index (χ2n) is 4.06. The number of amides is 1. The van der Waals surface area contributed by atoms with Crippen molar-refractivity contribution in [3.63, 3.8) is 0 Å². The molecule has 0 aliphatic rings. The maximum atomic E-state index is 13.7. The Labute approximate surface area is 111 Å². The van der Waals surface area contributed by atoms with Gasteiger partial charge in [-0.2, -0.15) is 13.9 Å². The zero-order valence-electron chi connectivity index (χ0n) is 10.4. The molecule has 0 aliphatic heterocycles. The summed E-state index contributed by atoms with van der Waals surface area (Å²) >= 11 is 0. The van der Waals surface area contributed by atoms with Gasteiger partial charge in [0.15, 0.2) is 0 Å². The van der Waals surface area contributed by atoms with Crippen LogP contribution in [0.2, 0.25) is 0 Å². The number of H-pyrrole nitrogens is 2. The first kappa shape index (κ1) is 13.8. The smallest absolute Gasteiger partial charge is 0.325 e. The molecule has 0 fully saturated rings. The first-order valence-electron chi connectivity index (χ1n) is 5.63. The highest BCUT2D eigenvalue weighted by molar-refractivity contribution is 5.92. The van der Waals surface area contributed by atoms with Crippen LogP contribution in [-0.4, -0.2) is 32.6 Å². The average molecular weight is 283 g/mol. The Bertz CT molecular complexity index is 679. The molecule has 0 atom stereocenters. The first-order chi connectivity index (χ1) is 9.38. The molecule has 1 amide bonds. The van der Waals surface area contributed by atoms with Gasteiger partial charge >= 0.3 is 5.92 Å². The second kappa shape index (κ2) is 5.19. The molecule has 2 rings (SSSR count). The Morgan fingerprint density at radius 2 is 2.20 bits per heavy atom. The number of carbonyl (C=O) groups is 1. The van der Waals surface area contributed by atoms with Gasteiger partial charge in [0.2, 0.25) is 11.4 Å². The number of aromatic nitrogens is 4. The van der Waals surface area contributed by atoms with Crippen molar-refractivity contribution in [3.05, 3.63) is 45.9 Å². The molecule has 0 aliphatic carbocycles. The fourth-order valence-corrected chi connectivity index (χ4v) is 1.45. The molecular weight excluding hydrogens is 272 g/mol. The van der Waals surface area contributed by atoms with Crippen molar-refractivity contribution in [2.75, 3.05) is 6.54 Å².